The van der Waals surface area contributed by atoms with Gasteiger partial charge in [-0.1, -0.05) is 20.3 Å². The normalized spacial score (nSPS) is 18.0. The summed E-state index contributed by atoms with van der Waals surface area (Å²) in [7, 11) is 2.27. The molecule has 1 fully saturated rings. The maximum absolute atomic E-state index is 3.58. The highest BCUT2D eigenvalue weighted by molar-refractivity contribution is 4.80. The smallest absolute Gasteiger partial charge is 0.00682 e. The van der Waals surface area contributed by atoms with E-state index in [1.807, 2.05) is 0 Å². The van der Waals surface area contributed by atoms with Gasteiger partial charge in [0.15, 0.2) is 0 Å². The quantitative estimate of drug-likeness (QED) is 0.590. The molecule has 0 amide bonds. The summed E-state index contributed by atoms with van der Waals surface area (Å²) in [5.41, 5.74) is 0. The largest absolute Gasteiger partial charge is 0.314 e. The molecular formula is C15H32N2. The van der Waals surface area contributed by atoms with Gasteiger partial charge in [0.25, 0.3) is 0 Å². The van der Waals surface area contributed by atoms with Gasteiger partial charge in [0.2, 0.25) is 0 Å². The SMILES string of the molecule is CC(C)CC(C)N(C)CCCCCNC1CC1. The van der Waals surface area contributed by atoms with Crippen molar-refractivity contribution in [2.24, 2.45) is 5.92 Å². The minimum absolute atomic E-state index is 0.736. The Balaban J connectivity index is 1.89. The second kappa shape index (κ2) is 8.10. The second-order valence-electron chi connectivity index (χ2n) is 6.25. The van der Waals surface area contributed by atoms with Gasteiger partial charge in [-0.15, -0.1) is 0 Å². The van der Waals surface area contributed by atoms with Crippen LogP contribution in [0.2, 0.25) is 0 Å². The predicted octanol–water partition coefficient (Wildman–Crippen LogP) is 3.28. The van der Waals surface area contributed by atoms with Crippen LogP contribution in [0.5, 0.6) is 0 Å². The molecule has 0 saturated heterocycles. The lowest BCUT2D eigenvalue weighted by Crippen LogP contribution is -2.31. The molecule has 0 bridgehead atoms. The Hall–Kier alpha value is -0.0800. The number of nitrogens with zero attached hydrogens (tertiary/aromatic N) is 1. The molecule has 0 aromatic rings. The third-order valence-electron chi connectivity index (χ3n) is 3.76. The highest BCUT2D eigenvalue weighted by Crippen LogP contribution is 2.18. The van der Waals surface area contributed by atoms with E-state index in [0.717, 1.165) is 18.0 Å². The zero-order valence-corrected chi connectivity index (χ0v) is 12.3. The zero-order valence-electron chi connectivity index (χ0n) is 12.3. The third kappa shape index (κ3) is 7.77. The van der Waals surface area contributed by atoms with Crippen LogP contribution < -0.4 is 5.32 Å². The number of rotatable bonds is 10. The fourth-order valence-electron chi connectivity index (χ4n) is 2.34. The summed E-state index contributed by atoms with van der Waals surface area (Å²) < 4.78 is 0. The van der Waals surface area contributed by atoms with E-state index >= 15 is 0 Å². The zero-order chi connectivity index (χ0) is 12.7. The molecule has 0 aliphatic heterocycles. The summed E-state index contributed by atoms with van der Waals surface area (Å²) in [5.74, 6) is 0.815. The first-order chi connectivity index (χ1) is 8.09. The minimum Gasteiger partial charge on any atom is -0.314 e. The molecule has 1 aliphatic rings. The molecule has 1 rings (SSSR count). The van der Waals surface area contributed by atoms with Crippen LogP contribution in [0.3, 0.4) is 0 Å². The van der Waals surface area contributed by atoms with E-state index in [2.05, 4.69) is 38.0 Å². The van der Waals surface area contributed by atoms with Crippen molar-refractivity contribution in [2.75, 3.05) is 20.1 Å². The molecule has 2 nitrogen and oxygen atoms in total. The van der Waals surface area contributed by atoms with E-state index in [1.165, 1.54) is 51.6 Å². The van der Waals surface area contributed by atoms with E-state index in [1.54, 1.807) is 0 Å². The fraction of sp³-hybridized carbons (Fsp3) is 1.00. The Morgan fingerprint density at radius 3 is 2.41 bits per heavy atom. The van der Waals surface area contributed by atoms with Gasteiger partial charge >= 0.3 is 0 Å². The Kier molecular flexibility index (Phi) is 7.14. The van der Waals surface area contributed by atoms with Crippen LogP contribution in [0.4, 0.5) is 0 Å². The topological polar surface area (TPSA) is 15.3 Å². The molecule has 0 aromatic carbocycles. The molecule has 0 heterocycles. The van der Waals surface area contributed by atoms with Gasteiger partial charge in [-0.2, -0.15) is 0 Å². The van der Waals surface area contributed by atoms with Gasteiger partial charge in [-0.05, 0) is 65.1 Å². The van der Waals surface area contributed by atoms with Crippen LogP contribution in [0.1, 0.15) is 59.3 Å². The fourth-order valence-corrected chi connectivity index (χ4v) is 2.34. The number of hydrogen-bond acceptors (Lipinski definition) is 2. The maximum atomic E-state index is 3.58. The molecule has 0 spiro atoms. The van der Waals surface area contributed by atoms with Crippen LogP contribution in [0, 0.1) is 5.92 Å². The molecule has 1 atom stereocenters. The molecule has 102 valence electrons. The van der Waals surface area contributed by atoms with Crippen LogP contribution in [-0.2, 0) is 0 Å². The number of unbranched alkanes of at least 4 members (excludes halogenated alkanes) is 2. The first-order valence-corrected chi connectivity index (χ1v) is 7.53. The van der Waals surface area contributed by atoms with Crippen molar-refractivity contribution in [3.63, 3.8) is 0 Å². The minimum atomic E-state index is 0.736. The summed E-state index contributed by atoms with van der Waals surface area (Å²) in [6.07, 6.45) is 8.22. The van der Waals surface area contributed by atoms with E-state index in [9.17, 15) is 0 Å². The molecule has 0 aromatic heterocycles. The van der Waals surface area contributed by atoms with Gasteiger partial charge in [0, 0.05) is 12.1 Å². The van der Waals surface area contributed by atoms with Crippen LogP contribution in [0.25, 0.3) is 0 Å². The van der Waals surface area contributed by atoms with Crippen molar-refractivity contribution in [1.82, 2.24) is 10.2 Å². The van der Waals surface area contributed by atoms with Crippen LogP contribution in [-0.4, -0.2) is 37.1 Å². The Morgan fingerprint density at radius 1 is 1.12 bits per heavy atom. The summed E-state index contributed by atoms with van der Waals surface area (Å²) in [6.45, 7) is 9.48. The van der Waals surface area contributed by atoms with Gasteiger partial charge in [0.05, 0.1) is 0 Å². The van der Waals surface area contributed by atoms with Gasteiger partial charge in [0.1, 0.15) is 0 Å². The number of nitrogens with one attached hydrogen (secondary N) is 1. The number of hydrogen-bond donors (Lipinski definition) is 1. The molecular weight excluding hydrogens is 208 g/mol. The molecule has 1 saturated carbocycles. The highest BCUT2D eigenvalue weighted by Gasteiger charge is 2.19. The summed E-state index contributed by atoms with van der Waals surface area (Å²) in [4.78, 5) is 2.52. The van der Waals surface area contributed by atoms with Gasteiger partial charge in [-0.25, -0.2) is 0 Å². The van der Waals surface area contributed by atoms with Crippen molar-refractivity contribution in [2.45, 2.75) is 71.4 Å². The van der Waals surface area contributed by atoms with Crippen molar-refractivity contribution in [3.05, 3.63) is 0 Å². The second-order valence-corrected chi connectivity index (χ2v) is 6.25. The standard InChI is InChI=1S/C15H32N2/c1-13(2)12-14(3)17(4)11-7-5-6-10-16-15-8-9-15/h13-16H,5-12H2,1-4H3. The van der Waals surface area contributed by atoms with Crippen molar-refractivity contribution in [1.29, 1.82) is 0 Å². The van der Waals surface area contributed by atoms with Crippen molar-refractivity contribution in [3.8, 4) is 0 Å². The van der Waals surface area contributed by atoms with Crippen LogP contribution >= 0.6 is 0 Å². The van der Waals surface area contributed by atoms with Crippen molar-refractivity contribution < 1.29 is 0 Å². The van der Waals surface area contributed by atoms with Crippen molar-refractivity contribution >= 4 is 0 Å². The lowest BCUT2D eigenvalue weighted by Gasteiger charge is -2.26. The molecule has 1 aliphatic carbocycles. The van der Waals surface area contributed by atoms with E-state index in [4.69, 9.17) is 0 Å². The molecule has 17 heavy (non-hydrogen) atoms. The van der Waals surface area contributed by atoms with Gasteiger partial charge < -0.3 is 10.2 Å². The summed E-state index contributed by atoms with van der Waals surface area (Å²) in [5, 5.41) is 3.58. The van der Waals surface area contributed by atoms with E-state index in [-0.39, 0.29) is 0 Å². The Bertz CT molecular complexity index is 187. The summed E-state index contributed by atoms with van der Waals surface area (Å²) >= 11 is 0. The lowest BCUT2D eigenvalue weighted by molar-refractivity contribution is 0.224. The predicted molar refractivity (Wildman–Crippen MR) is 76.4 cm³/mol. The molecule has 1 unspecified atom stereocenters. The monoisotopic (exact) mass is 240 g/mol. The Morgan fingerprint density at radius 2 is 1.82 bits per heavy atom. The lowest BCUT2D eigenvalue weighted by atomic mass is 10.0. The average molecular weight is 240 g/mol. The third-order valence-corrected chi connectivity index (χ3v) is 3.76. The highest BCUT2D eigenvalue weighted by atomic mass is 15.1. The van der Waals surface area contributed by atoms with Crippen LogP contribution in [0.15, 0.2) is 0 Å². The first kappa shape index (κ1) is 15.0. The average Bonchev–Trinajstić information content (AvgIpc) is 3.05. The molecule has 1 N–H and O–H groups in total. The van der Waals surface area contributed by atoms with Gasteiger partial charge in [-0.3, -0.25) is 0 Å². The molecule has 2 heteroatoms. The van der Waals surface area contributed by atoms with E-state index in [0.29, 0.717) is 0 Å². The molecule has 0 radical (unpaired) electrons. The maximum Gasteiger partial charge on any atom is 0.00682 e. The summed E-state index contributed by atoms with van der Waals surface area (Å²) in [6, 6.07) is 1.61. The van der Waals surface area contributed by atoms with E-state index < -0.39 is 0 Å². The Labute approximate surface area is 108 Å². The first-order valence-electron chi connectivity index (χ1n) is 7.53.